The summed E-state index contributed by atoms with van der Waals surface area (Å²) < 4.78 is 37.7. The minimum atomic E-state index is -4.79. The molecular weight excluding hydrogens is 225 g/mol. The average molecular weight is 234 g/mol. The molecule has 1 heterocycles. The van der Waals surface area contributed by atoms with Crippen LogP contribution >= 0.6 is 0 Å². The summed E-state index contributed by atoms with van der Waals surface area (Å²) in [4.78, 5) is 17.6. The number of halogens is 3. The highest BCUT2D eigenvalue weighted by Gasteiger charge is 2.39. The number of nitrogens with zero attached hydrogens (tertiary/aromatic N) is 2. The summed E-state index contributed by atoms with van der Waals surface area (Å²) in [5, 5.41) is 8.75. The van der Waals surface area contributed by atoms with Gasteiger partial charge in [-0.2, -0.15) is 13.2 Å². The second kappa shape index (κ2) is 4.07. The highest BCUT2D eigenvalue weighted by molar-refractivity contribution is 5.90. The van der Waals surface area contributed by atoms with Gasteiger partial charge in [-0.3, -0.25) is 0 Å². The van der Waals surface area contributed by atoms with E-state index in [2.05, 4.69) is 9.97 Å². The van der Waals surface area contributed by atoms with E-state index in [1.807, 2.05) is 0 Å². The topological polar surface area (TPSA) is 63.1 Å². The minimum absolute atomic E-state index is 0.0887. The smallest absolute Gasteiger partial charge is 0.434 e. The van der Waals surface area contributed by atoms with Crippen LogP contribution in [-0.4, -0.2) is 21.0 Å². The number of aromatic nitrogens is 2. The Kier molecular flexibility index (Phi) is 3.16. The van der Waals surface area contributed by atoms with Crippen LogP contribution in [0.4, 0.5) is 13.2 Å². The van der Waals surface area contributed by atoms with Crippen LogP contribution in [0.25, 0.3) is 0 Å². The summed E-state index contributed by atoms with van der Waals surface area (Å²) in [5.74, 6) is -1.75. The van der Waals surface area contributed by atoms with Crippen LogP contribution in [0.15, 0.2) is 0 Å². The monoisotopic (exact) mass is 234 g/mol. The number of aryl methyl sites for hydroxylation is 2. The lowest BCUT2D eigenvalue weighted by atomic mass is 10.1. The quantitative estimate of drug-likeness (QED) is 0.850. The van der Waals surface area contributed by atoms with Crippen molar-refractivity contribution in [2.45, 2.75) is 26.4 Å². The highest BCUT2D eigenvalue weighted by Crippen LogP contribution is 2.31. The van der Waals surface area contributed by atoms with Gasteiger partial charge in [-0.15, -0.1) is 0 Å². The minimum Gasteiger partial charge on any atom is -0.478 e. The van der Waals surface area contributed by atoms with Crippen LogP contribution in [0.5, 0.6) is 0 Å². The Morgan fingerprint density at radius 2 is 1.94 bits per heavy atom. The van der Waals surface area contributed by atoms with E-state index in [9.17, 15) is 18.0 Å². The number of hydrogen-bond acceptors (Lipinski definition) is 3. The number of rotatable bonds is 2. The molecule has 0 aliphatic rings. The molecule has 1 rings (SSSR count). The van der Waals surface area contributed by atoms with Crippen molar-refractivity contribution in [1.82, 2.24) is 9.97 Å². The molecule has 0 unspecified atom stereocenters. The summed E-state index contributed by atoms with van der Waals surface area (Å²) in [7, 11) is 0. The fraction of sp³-hybridized carbons (Fsp3) is 0.444. The molecule has 0 radical (unpaired) electrons. The zero-order valence-corrected chi connectivity index (χ0v) is 8.59. The molecule has 0 bridgehead atoms. The number of aromatic carboxylic acids is 1. The van der Waals surface area contributed by atoms with Gasteiger partial charge in [0.15, 0.2) is 5.69 Å². The van der Waals surface area contributed by atoms with E-state index in [1.54, 1.807) is 0 Å². The molecule has 0 aliphatic heterocycles. The lowest BCUT2D eigenvalue weighted by molar-refractivity contribution is -0.142. The maximum Gasteiger partial charge on any atom is 0.434 e. The first-order valence-electron chi connectivity index (χ1n) is 4.45. The Balaban J connectivity index is 3.57. The summed E-state index contributed by atoms with van der Waals surface area (Å²) in [5.41, 5.74) is -2.35. The molecule has 1 aromatic heterocycles. The van der Waals surface area contributed by atoms with Crippen molar-refractivity contribution in [3.05, 3.63) is 22.8 Å². The second-order valence-corrected chi connectivity index (χ2v) is 3.10. The Bertz CT molecular complexity index is 429. The van der Waals surface area contributed by atoms with Gasteiger partial charge in [0, 0.05) is 0 Å². The number of carbonyl (C=O) groups is 1. The van der Waals surface area contributed by atoms with E-state index in [0.717, 1.165) is 0 Å². The van der Waals surface area contributed by atoms with Crippen molar-refractivity contribution in [3.8, 4) is 0 Å². The van der Waals surface area contributed by atoms with Gasteiger partial charge >= 0.3 is 12.1 Å². The van der Waals surface area contributed by atoms with Crippen LogP contribution in [0.1, 0.15) is 34.5 Å². The third kappa shape index (κ3) is 2.29. The number of hydrogen-bond donors (Lipinski definition) is 1. The van der Waals surface area contributed by atoms with Gasteiger partial charge < -0.3 is 5.11 Å². The number of alkyl halides is 3. The Morgan fingerprint density at radius 1 is 1.38 bits per heavy atom. The Morgan fingerprint density at radius 3 is 2.31 bits per heavy atom. The Labute approximate surface area is 89.1 Å². The van der Waals surface area contributed by atoms with Crippen LogP contribution in [0.2, 0.25) is 0 Å². The first-order chi connectivity index (χ1) is 7.27. The summed E-state index contributed by atoms with van der Waals surface area (Å²) in [6.07, 6.45) is -4.68. The normalized spacial score (nSPS) is 11.6. The van der Waals surface area contributed by atoms with E-state index >= 15 is 0 Å². The van der Waals surface area contributed by atoms with Crippen LogP contribution in [-0.2, 0) is 12.6 Å². The summed E-state index contributed by atoms with van der Waals surface area (Å²) >= 11 is 0. The summed E-state index contributed by atoms with van der Waals surface area (Å²) in [6.45, 7) is 2.83. The van der Waals surface area contributed by atoms with E-state index in [0.29, 0.717) is 0 Å². The lowest BCUT2D eigenvalue weighted by Gasteiger charge is -2.12. The van der Waals surface area contributed by atoms with Gasteiger partial charge in [-0.25, -0.2) is 14.8 Å². The standard InChI is InChI=1S/C9H9F3N2O2/c1-3-5-6(8(15)16)7(9(10,11)12)14-4(2)13-5/h3H2,1-2H3,(H,15,16). The molecule has 0 amide bonds. The van der Waals surface area contributed by atoms with Crippen molar-refractivity contribution in [2.24, 2.45) is 0 Å². The van der Waals surface area contributed by atoms with Crippen LogP contribution in [0.3, 0.4) is 0 Å². The Hall–Kier alpha value is -1.66. The molecule has 0 aliphatic carbocycles. The molecule has 7 heteroatoms. The van der Waals surface area contributed by atoms with E-state index in [-0.39, 0.29) is 17.9 Å². The van der Waals surface area contributed by atoms with E-state index in [1.165, 1.54) is 13.8 Å². The fourth-order valence-corrected chi connectivity index (χ4v) is 1.32. The molecule has 0 aromatic carbocycles. The predicted molar refractivity (Wildman–Crippen MR) is 48.1 cm³/mol. The molecule has 0 saturated heterocycles. The third-order valence-electron chi connectivity index (χ3n) is 1.91. The largest absolute Gasteiger partial charge is 0.478 e. The van der Waals surface area contributed by atoms with Gasteiger partial charge in [-0.1, -0.05) is 6.92 Å². The average Bonchev–Trinajstić information content (AvgIpc) is 2.14. The SMILES string of the molecule is CCc1nc(C)nc(C(F)(F)F)c1C(=O)O. The van der Waals surface area contributed by atoms with Crippen LogP contribution < -0.4 is 0 Å². The molecular formula is C9H9F3N2O2. The van der Waals surface area contributed by atoms with Crippen LogP contribution in [0, 0.1) is 6.92 Å². The van der Waals surface area contributed by atoms with Gasteiger partial charge in [-0.05, 0) is 13.3 Å². The molecule has 0 atom stereocenters. The maximum absolute atomic E-state index is 12.6. The molecule has 0 fully saturated rings. The lowest BCUT2D eigenvalue weighted by Crippen LogP contribution is -2.19. The molecule has 16 heavy (non-hydrogen) atoms. The molecule has 4 nitrogen and oxygen atoms in total. The first-order valence-corrected chi connectivity index (χ1v) is 4.45. The zero-order valence-electron chi connectivity index (χ0n) is 8.59. The van der Waals surface area contributed by atoms with E-state index in [4.69, 9.17) is 5.11 Å². The van der Waals surface area contributed by atoms with Crippen molar-refractivity contribution >= 4 is 5.97 Å². The number of carboxylic acid groups (broad SMARTS) is 1. The molecule has 1 aromatic rings. The molecule has 0 spiro atoms. The first kappa shape index (κ1) is 12.4. The molecule has 0 saturated carbocycles. The fourth-order valence-electron chi connectivity index (χ4n) is 1.32. The summed E-state index contributed by atoms with van der Waals surface area (Å²) in [6, 6.07) is 0. The predicted octanol–water partition coefficient (Wildman–Crippen LogP) is 2.06. The van der Waals surface area contributed by atoms with Gasteiger partial charge in [0.05, 0.1) is 5.69 Å². The van der Waals surface area contributed by atoms with E-state index < -0.39 is 23.4 Å². The zero-order chi connectivity index (χ0) is 12.5. The van der Waals surface area contributed by atoms with Gasteiger partial charge in [0.25, 0.3) is 0 Å². The van der Waals surface area contributed by atoms with Crippen molar-refractivity contribution < 1.29 is 23.1 Å². The van der Waals surface area contributed by atoms with Crippen molar-refractivity contribution in [1.29, 1.82) is 0 Å². The highest BCUT2D eigenvalue weighted by atomic mass is 19.4. The molecule has 88 valence electrons. The van der Waals surface area contributed by atoms with Crippen molar-refractivity contribution in [3.63, 3.8) is 0 Å². The second-order valence-electron chi connectivity index (χ2n) is 3.10. The van der Waals surface area contributed by atoms with Crippen molar-refractivity contribution in [2.75, 3.05) is 0 Å². The third-order valence-corrected chi connectivity index (χ3v) is 1.91. The molecule has 1 N–H and O–H groups in total. The van der Waals surface area contributed by atoms with Gasteiger partial charge in [0.2, 0.25) is 0 Å². The maximum atomic E-state index is 12.6. The van der Waals surface area contributed by atoms with Gasteiger partial charge in [0.1, 0.15) is 11.4 Å². The number of carboxylic acids is 1.